The van der Waals surface area contributed by atoms with Crippen LogP contribution in [0.5, 0.6) is 11.8 Å². The van der Waals surface area contributed by atoms with Crippen LogP contribution in [0.3, 0.4) is 0 Å². The van der Waals surface area contributed by atoms with Gasteiger partial charge in [0.1, 0.15) is 24.3 Å². The number of morpholine rings is 1. The first kappa shape index (κ1) is 23.3. The van der Waals surface area contributed by atoms with Gasteiger partial charge in [-0.15, -0.1) is 9.24 Å². The van der Waals surface area contributed by atoms with E-state index in [1.807, 2.05) is 4.90 Å². The van der Waals surface area contributed by atoms with Crippen molar-refractivity contribution in [1.82, 2.24) is 9.55 Å². The smallest absolute Gasteiger partial charge is 0.422 e. The molecular weight excluding hydrogens is 441 g/mol. The molecule has 1 saturated heterocycles. The molecule has 1 aromatic heterocycles. The molecule has 1 fully saturated rings. The lowest BCUT2D eigenvalue weighted by atomic mass is 10.3. The summed E-state index contributed by atoms with van der Waals surface area (Å²) in [4.78, 5) is 19.2. The molecule has 0 bridgehead atoms. The Hall–Kier alpha value is -2.39. The normalized spacial score (nSPS) is 15.6. The predicted octanol–water partition coefficient (Wildman–Crippen LogP) is 2.60. The zero-order valence-electron chi connectivity index (χ0n) is 16.5. The van der Waals surface area contributed by atoms with Crippen LogP contribution in [-0.4, -0.2) is 67.6 Å². The van der Waals surface area contributed by atoms with Crippen molar-refractivity contribution in [2.45, 2.75) is 12.3 Å². The lowest BCUT2D eigenvalue weighted by Gasteiger charge is -2.28. The average Bonchev–Trinajstić information content (AvgIpc) is 2.76. The maximum atomic E-state index is 13.3. The highest BCUT2D eigenvalue weighted by Gasteiger charge is 2.28. The Morgan fingerprint density at radius 1 is 1.19 bits per heavy atom. The van der Waals surface area contributed by atoms with Crippen molar-refractivity contribution in [1.29, 1.82) is 0 Å². The fraction of sp³-hybridized carbons (Fsp3) is 0.474. The van der Waals surface area contributed by atoms with Crippen molar-refractivity contribution in [3.05, 3.63) is 40.7 Å². The Bertz CT molecular complexity index is 914. The summed E-state index contributed by atoms with van der Waals surface area (Å²) in [5.74, 6) is 0.368. The first-order chi connectivity index (χ1) is 14.8. The lowest BCUT2D eigenvalue weighted by Crippen LogP contribution is -2.38. The minimum atomic E-state index is -4.46. The highest BCUT2D eigenvalue weighted by atomic mass is 31.0. The minimum absolute atomic E-state index is 0.0129. The monoisotopic (exact) mass is 463 g/mol. The van der Waals surface area contributed by atoms with Crippen LogP contribution >= 0.6 is 9.24 Å². The van der Waals surface area contributed by atoms with E-state index in [9.17, 15) is 22.4 Å². The molecule has 2 aromatic rings. The quantitative estimate of drug-likeness (QED) is 0.443. The summed E-state index contributed by atoms with van der Waals surface area (Å²) in [5.41, 5.74) is -0.182. The molecular formula is C19H22F4N3O4P. The number of rotatable bonds is 8. The van der Waals surface area contributed by atoms with Crippen LogP contribution < -0.4 is 19.9 Å². The van der Waals surface area contributed by atoms with Crippen LogP contribution in [0, 0.1) is 0 Å². The van der Waals surface area contributed by atoms with Crippen LogP contribution in [0.25, 0.3) is 5.69 Å². The molecule has 2 unspecified atom stereocenters. The van der Waals surface area contributed by atoms with Crippen molar-refractivity contribution in [3.63, 3.8) is 0 Å². The average molecular weight is 463 g/mol. The molecule has 0 aliphatic carbocycles. The maximum Gasteiger partial charge on any atom is 0.422 e. The van der Waals surface area contributed by atoms with Crippen LogP contribution in [0.1, 0.15) is 0 Å². The van der Waals surface area contributed by atoms with Crippen molar-refractivity contribution < 1.29 is 31.8 Å². The van der Waals surface area contributed by atoms with Crippen molar-refractivity contribution in [3.8, 4) is 17.4 Å². The van der Waals surface area contributed by atoms with Crippen molar-refractivity contribution in [2.75, 3.05) is 50.6 Å². The molecule has 12 heteroatoms. The van der Waals surface area contributed by atoms with Gasteiger partial charge in [0.15, 0.2) is 6.61 Å². The van der Waals surface area contributed by atoms with E-state index in [1.54, 1.807) is 0 Å². The summed E-state index contributed by atoms with van der Waals surface area (Å²) in [7, 11) is 2.37. The maximum absolute atomic E-state index is 13.3. The van der Waals surface area contributed by atoms with E-state index in [4.69, 9.17) is 9.47 Å². The minimum Gasteiger partial charge on any atom is -0.484 e. The van der Waals surface area contributed by atoms with Gasteiger partial charge in [-0.1, -0.05) is 0 Å². The van der Waals surface area contributed by atoms with Gasteiger partial charge in [0.05, 0.1) is 18.9 Å². The number of ether oxygens (including phenoxy) is 3. The van der Waals surface area contributed by atoms with E-state index in [-0.39, 0.29) is 17.9 Å². The van der Waals surface area contributed by atoms with Gasteiger partial charge >= 0.3 is 12.2 Å². The molecule has 0 N–H and O–H groups in total. The SMILES string of the molecule is O=c1cc(N2CCOCC2)nc(OC(CF)CP)n1-c1ccc(OCC(F)(F)F)cc1. The summed E-state index contributed by atoms with van der Waals surface area (Å²) in [6, 6.07) is 6.63. The van der Waals surface area contributed by atoms with E-state index in [0.717, 1.165) is 4.57 Å². The molecule has 0 spiro atoms. The number of alkyl halides is 4. The largest absolute Gasteiger partial charge is 0.484 e. The fourth-order valence-corrected chi connectivity index (χ4v) is 3.09. The molecule has 1 aliphatic rings. The van der Waals surface area contributed by atoms with Gasteiger partial charge in [-0.3, -0.25) is 4.79 Å². The van der Waals surface area contributed by atoms with Gasteiger partial charge in [-0.05, 0) is 24.3 Å². The number of hydrogen-bond acceptors (Lipinski definition) is 6. The number of halogens is 4. The van der Waals surface area contributed by atoms with E-state index in [1.165, 1.54) is 30.3 Å². The zero-order valence-corrected chi connectivity index (χ0v) is 17.6. The van der Waals surface area contributed by atoms with Crippen LogP contribution in [0.15, 0.2) is 35.1 Å². The summed E-state index contributed by atoms with van der Waals surface area (Å²) < 4.78 is 67.1. The van der Waals surface area contributed by atoms with Gasteiger partial charge < -0.3 is 19.1 Å². The topological polar surface area (TPSA) is 65.8 Å². The summed E-state index contributed by atoms with van der Waals surface area (Å²) in [5, 5.41) is 0. The predicted molar refractivity (Wildman–Crippen MR) is 109 cm³/mol. The molecule has 170 valence electrons. The van der Waals surface area contributed by atoms with E-state index in [0.29, 0.717) is 37.8 Å². The van der Waals surface area contributed by atoms with Gasteiger partial charge in [-0.25, -0.2) is 8.96 Å². The first-order valence-electron chi connectivity index (χ1n) is 9.50. The molecule has 7 nitrogen and oxygen atoms in total. The third-order valence-corrected chi connectivity index (χ3v) is 4.94. The molecule has 1 aliphatic heterocycles. The first-order valence-corrected chi connectivity index (χ1v) is 10.3. The van der Waals surface area contributed by atoms with Crippen LogP contribution in [0.2, 0.25) is 0 Å². The van der Waals surface area contributed by atoms with Gasteiger partial charge in [0.2, 0.25) is 0 Å². The summed E-state index contributed by atoms with van der Waals surface area (Å²) in [6.45, 7) is -0.166. The van der Waals surface area contributed by atoms with E-state index >= 15 is 0 Å². The van der Waals surface area contributed by atoms with Crippen molar-refractivity contribution in [2.24, 2.45) is 0 Å². The Kier molecular flexibility index (Phi) is 7.72. The molecule has 0 amide bonds. The zero-order chi connectivity index (χ0) is 22.4. The molecule has 0 saturated carbocycles. The third-order valence-electron chi connectivity index (χ3n) is 4.41. The molecule has 3 rings (SSSR count). The third kappa shape index (κ3) is 6.30. The highest BCUT2D eigenvalue weighted by Crippen LogP contribution is 2.23. The fourth-order valence-electron chi connectivity index (χ4n) is 2.87. The summed E-state index contributed by atoms with van der Waals surface area (Å²) in [6.07, 6.45) is -5.02. The van der Waals surface area contributed by atoms with Gasteiger partial charge in [-0.2, -0.15) is 18.2 Å². The summed E-state index contributed by atoms with van der Waals surface area (Å²) >= 11 is 0. The number of nitrogens with zero attached hydrogens (tertiary/aromatic N) is 3. The number of anilines is 1. The number of aromatic nitrogens is 2. The molecule has 0 radical (unpaired) electrons. The van der Waals surface area contributed by atoms with E-state index in [2.05, 4.69) is 19.0 Å². The second kappa shape index (κ2) is 10.3. The second-order valence-electron chi connectivity index (χ2n) is 6.70. The van der Waals surface area contributed by atoms with Gasteiger partial charge in [0.25, 0.3) is 5.56 Å². The highest BCUT2D eigenvalue weighted by molar-refractivity contribution is 7.16. The molecule has 31 heavy (non-hydrogen) atoms. The van der Waals surface area contributed by atoms with Crippen molar-refractivity contribution >= 4 is 15.1 Å². The molecule has 1 aromatic carbocycles. The van der Waals surface area contributed by atoms with Crippen LogP contribution in [-0.2, 0) is 4.74 Å². The number of hydrogen-bond donors (Lipinski definition) is 0. The Morgan fingerprint density at radius 2 is 1.87 bits per heavy atom. The Morgan fingerprint density at radius 3 is 2.45 bits per heavy atom. The Labute approximate surface area is 178 Å². The van der Waals surface area contributed by atoms with Gasteiger partial charge in [0, 0.05) is 25.3 Å². The molecule has 2 atom stereocenters. The second-order valence-corrected chi connectivity index (χ2v) is 7.17. The standard InChI is InChI=1S/C19H22F4N3O4P/c20-10-15(11-31)30-18-24-16(25-5-7-28-8-6-25)9-17(27)26(18)13-1-3-14(4-2-13)29-12-19(21,22)23/h1-4,9,15H,5-8,10-12,31H2. The Balaban J connectivity index is 1.94. The van der Waals surface area contributed by atoms with Crippen LogP contribution in [0.4, 0.5) is 23.4 Å². The molecule has 2 heterocycles. The lowest BCUT2D eigenvalue weighted by molar-refractivity contribution is -0.153. The number of benzene rings is 1. The van der Waals surface area contributed by atoms with E-state index < -0.39 is 31.1 Å².